The van der Waals surface area contributed by atoms with Gasteiger partial charge >= 0.3 is 0 Å². The van der Waals surface area contributed by atoms with E-state index < -0.39 is 0 Å². The summed E-state index contributed by atoms with van der Waals surface area (Å²) in [5.74, 6) is 0. The van der Waals surface area contributed by atoms with Crippen molar-refractivity contribution in [3.63, 3.8) is 0 Å². The average molecular weight is 230 g/mol. The molecule has 1 atom stereocenters. The molecule has 1 nitrogen and oxygen atoms in total. The molecule has 0 aliphatic rings. The Kier molecular flexibility index (Phi) is 4.46. The predicted molar refractivity (Wildman–Crippen MR) is 64.0 cm³/mol. The fourth-order valence-electron chi connectivity index (χ4n) is 0.968. The molecule has 1 unspecified atom stereocenters. The lowest BCUT2D eigenvalue weighted by Crippen LogP contribution is -2.17. The first-order valence-electron chi connectivity index (χ1n) is 4.44. The van der Waals surface area contributed by atoms with E-state index in [1.165, 1.54) is 0 Å². The summed E-state index contributed by atoms with van der Waals surface area (Å²) in [5, 5.41) is 4.29. The van der Waals surface area contributed by atoms with Crippen LogP contribution in [-0.4, -0.2) is 13.1 Å². The van der Waals surface area contributed by atoms with Gasteiger partial charge in [-0.1, -0.05) is 41.4 Å². The molecule has 76 valence electrons. The maximum absolute atomic E-state index is 5.88. The van der Waals surface area contributed by atoms with E-state index in [0.29, 0.717) is 16.1 Å². The first-order chi connectivity index (χ1) is 6.63. The Morgan fingerprint density at radius 1 is 1.29 bits per heavy atom. The molecular weight excluding hydrogens is 217 g/mol. The third kappa shape index (κ3) is 3.33. The van der Waals surface area contributed by atoms with Gasteiger partial charge in [-0.3, -0.25) is 0 Å². The molecule has 0 fully saturated rings. The monoisotopic (exact) mass is 229 g/mol. The predicted octanol–water partition coefficient (Wildman–Crippen LogP) is 3.61. The van der Waals surface area contributed by atoms with Crippen molar-refractivity contribution in [2.45, 2.75) is 13.0 Å². The molecule has 1 rings (SSSR count). The second-order valence-electron chi connectivity index (χ2n) is 3.11. The summed E-state index contributed by atoms with van der Waals surface area (Å²) in [7, 11) is 1.92. The van der Waals surface area contributed by atoms with Gasteiger partial charge in [0.2, 0.25) is 0 Å². The van der Waals surface area contributed by atoms with Gasteiger partial charge in [0.1, 0.15) is 0 Å². The van der Waals surface area contributed by atoms with E-state index in [1.54, 1.807) is 6.07 Å². The summed E-state index contributed by atoms with van der Waals surface area (Å²) in [5.41, 5.74) is 1.06. The summed E-state index contributed by atoms with van der Waals surface area (Å²) in [6.07, 6.45) is 4.09. The molecule has 14 heavy (non-hydrogen) atoms. The lowest BCUT2D eigenvalue weighted by molar-refractivity contribution is 0.731. The van der Waals surface area contributed by atoms with Crippen LogP contribution < -0.4 is 5.32 Å². The van der Waals surface area contributed by atoms with Gasteiger partial charge in [-0.25, -0.2) is 0 Å². The van der Waals surface area contributed by atoms with Gasteiger partial charge in [0.05, 0.1) is 10.0 Å². The van der Waals surface area contributed by atoms with E-state index in [1.807, 2.05) is 25.3 Å². The van der Waals surface area contributed by atoms with Crippen LogP contribution in [0.3, 0.4) is 0 Å². The van der Waals surface area contributed by atoms with Gasteiger partial charge in [-0.2, -0.15) is 0 Å². The lowest BCUT2D eigenvalue weighted by Gasteiger charge is -2.02. The van der Waals surface area contributed by atoms with Crippen molar-refractivity contribution in [1.29, 1.82) is 0 Å². The molecule has 0 amide bonds. The SMILES string of the molecule is CNC(C)/C=C/c1ccc(Cl)c(Cl)c1. The van der Waals surface area contributed by atoms with E-state index in [2.05, 4.69) is 18.3 Å². The van der Waals surface area contributed by atoms with Gasteiger partial charge in [0.15, 0.2) is 0 Å². The third-order valence-electron chi connectivity index (χ3n) is 1.98. The number of nitrogens with one attached hydrogen (secondary N) is 1. The van der Waals surface area contributed by atoms with Crippen molar-refractivity contribution in [3.8, 4) is 0 Å². The zero-order valence-corrected chi connectivity index (χ0v) is 9.73. The Morgan fingerprint density at radius 3 is 2.57 bits per heavy atom. The Bertz CT molecular complexity index is 334. The Morgan fingerprint density at radius 2 is 2.00 bits per heavy atom. The van der Waals surface area contributed by atoms with Gasteiger partial charge in [-0.15, -0.1) is 0 Å². The standard InChI is InChI=1S/C11H13Cl2N/c1-8(14-2)3-4-9-5-6-10(12)11(13)7-9/h3-8,14H,1-2H3/b4-3+. The summed E-state index contributed by atoms with van der Waals surface area (Å²) < 4.78 is 0. The van der Waals surface area contributed by atoms with Crippen LogP contribution in [0.5, 0.6) is 0 Å². The van der Waals surface area contributed by atoms with Gasteiger partial charge in [-0.05, 0) is 31.7 Å². The Labute approximate surface area is 94.7 Å². The number of hydrogen-bond acceptors (Lipinski definition) is 1. The van der Waals surface area contributed by atoms with Crippen molar-refractivity contribution >= 4 is 29.3 Å². The minimum Gasteiger partial charge on any atom is -0.314 e. The van der Waals surface area contributed by atoms with Crippen molar-refractivity contribution in [2.75, 3.05) is 7.05 Å². The van der Waals surface area contributed by atoms with E-state index in [-0.39, 0.29) is 0 Å². The number of halogens is 2. The first-order valence-corrected chi connectivity index (χ1v) is 5.19. The van der Waals surface area contributed by atoms with Crippen LogP contribution in [0.1, 0.15) is 12.5 Å². The quantitative estimate of drug-likeness (QED) is 0.836. The topological polar surface area (TPSA) is 12.0 Å². The molecule has 0 heterocycles. The number of hydrogen-bond donors (Lipinski definition) is 1. The number of rotatable bonds is 3. The minimum absolute atomic E-state index is 0.351. The highest BCUT2D eigenvalue weighted by Gasteiger charge is 1.97. The molecule has 0 bridgehead atoms. The van der Waals surface area contributed by atoms with Gasteiger partial charge < -0.3 is 5.32 Å². The van der Waals surface area contributed by atoms with E-state index in [4.69, 9.17) is 23.2 Å². The molecular formula is C11H13Cl2N. The van der Waals surface area contributed by atoms with E-state index in [0.717, 1.165) is 5.56 Å². The molecule has 0 aromatic heterocycles. The van der Waals surface area contributed by atoms with Gasteiger partial charge in [0.25, 0.3) is 0 Å². The van der Waals surface area contributed by atoms with Crippen molar-refractivity contribution in [2.24, 2.45) is 0 Å². The van der Waals surface area contributed by atoms with E-state index in [9.17, 15) is 0 Å². The molecule has 0 saturated heterocycles. The normalized spacial score (nSPS) is 13.4. The van der Waals surface area contributed by atoms with Crippen LogP contribution in [0.25, 0.3) is 6.08 Å². The second-order valence-corrected chi connectivity index (χ2v) is 3.92. The Hall–Kier alpha value is -0.500. The maximum atomic E-state index is 5.88. The summed E-state index contributed by atoms with van der Waals surface area (Å²) in [6.45, 7) is 2.08. The molecule has 3 heteroatoms. The van der Waals surface area contributed by atoms with Crippen LogP contribution in [0.4, 0.5) is 0 Å². The highest BCUT2D eigenvalue weighted by molar-refractivity contribution is 6.42. The second kappa shape index (κ2) is 5.40. The fraction of sp³-hybridized carbons (Fsp3) is 0.273. The highest BCUT2D eigenvalue weighted by atomic mass is 35.5. The molecule has 1 N–H and O–H groups in total. The van der Waals surface area contributed by atoms with Crippen molar-refractivity contribution < 1.29 is 0 Å². The van der Waals surface area contributed by atoms with Crippen molar-refractivity contribution in [3.05, 3.63) is 39.9 Å². The molecule has 0 saturated carbocycles. The zero-order valence-electron chi connectivity index (χ0n) is 8.22. The number of benzene rings is 1. The molecule has 0 radical (unpaired) electrons. The van der Waals surface area contributed by atoms with Crippen LogP contribution in [0.2, 0.25) is 10.0 Å². The van der Waals surface area contributed by atoms with Crippen LogP contribution in [0, 0.1) is 0 Å². The van der Waals surface area contributed by atoms with E-state index >= 15 is 0 Å². The molecule has 0 aliphatic carbocycles. The van der Waals surface area contributed by atoms with Crippen molar-refractivity contribution in [1.82, 2.24) is 5.32 Å². The highest BCUT2D eigenvalue weighted by Crippen LogP contribution is 2.23. The fourth-order valence-corrected chi connectivity index (χ4v) is 1.27. The average Bonchev–Trinajstić information content (AvgIpc) is 2.19. The molecule has 0 aliphatic heterocycles. The summed E-state index contributed by atoms with van der Waals surface area (Å²) in [4.78, 5) is 0. The first kappa shape index (κ1) is 11.6. The minimum atomic E-state index is 0.351. The number of likely N-dealkylation sites (N-methyl/N-ethyl adjacent to an activating group) is 1. The third-order valence-corrected chi connectivity index (χ3v) is 2.72. The van der Waals surface area contributed by atoms with Gasteiger partial charge in [0, 0.05) is 6.04 Å². The maximum Gasteiger partial charge on any atom is 0.0598 e. The summed E-state index contributed by atoms with van der Waals surface area (Å²) in [6, 6.07) is 5.94. The largest absolute Gasteiger partial charge is 0.314 e. The van der Waals surface area contributed by atoms with Crippen LogP contribution >= 0.6 is 23.2 Å². The van der Waals surface area contributed by atoms with Crippen LogP contribution in [-0.2, 0) is 0 Å². The smallest absolute Gasteiger partial charge is 0.0598 e. The molecule has 1 aromatic carbocycles. The molecule has 1 aromatic rings. The van der Waals surface area contributed by atoms with Crippen LogP contribution in [0.15, 0.2) is 24.3 Å². The Balaban J connectivity index is 2.77. The lowest BCUT2D eigenvalue weighted by atomic mass is 10.2. The molecule has 0 spiro atoms. The summed E-state index contributed by atoms with van der Waals surface area (Å²) >= 11 is 11.7. The zero-order chi connectivity index (χ0) is 10.6.